The van der Waals surface area contributed by atoms with Crippen molar-refractivity contribution in [1.29, 1.82) is 0 Å². The van der Waals surface area contributed by atoms with Gasteiger partial charge in [-0.15, -0.1) is 0 Å². The molecule has 4 nitrogen and oxygen atoms in total. The molecule has 5 heteroatoms. The summed E-state index contributed by atoms with van der Waals surface area (Å²) in [7, 11) is 0. The van der Waals surface area contributed by atoms with Gasteiger partial charge in [-0.2, -0.15) is 0 Å². The topological polar surface area (TPSA) is 64.3 Å². The van der Waals surface area contributed by atoms with E-state index in [0.29, 0.717) is 11.4 Å². The van der Waals surface area contributed by atoms with E-state index in [-0.39, 0.29) is 12.5 Å². The lowest BCUT2D eigenvalue weighted by Crippen LogP contribution is -2.20. The predicted octanol–water partition coefficient (Wildman–Crippen LogP) is 3.36. The molecule has 2 aromatic carbocycles. The van der Waals surface area contributed by atoms with Gasteiger partial charge < -0.3 is 15.8 Å². The van der Waals surface area contributed by atoms with E-state index in [1.54, 1.807) is 24.3 Å². The number of anilines is 2. The van der Waals surface area contributed by atoms with Crippen molar-refractivity contribution in [2.24, 2.45) is 0 Å². The number of nitrogens with two attached hydrogens (primary N) is 1. The number of rotatable bonds is 4. The molecule has 0 saturated carbocycles. The zero-order chi connectivity index (χ0) is 14.5. The van der Waals surface area contributed by atoms with Crippen molar-refractivity contribution in [3.8, 4) is 5.75 Å². The van der Waals surface area contributed by atoms with Crippen LogP contribution in [0.15, 0.2) is 46.9 Å². The third-order valence-electron chi connectivity index (χ3n) is 2.79. The van der Waals surface area contributed by atoms with Crippen LogP contribution < -0.4 is 15.8 Å². The Morgan fingerprint density at radius 2 is 1.95 bits per heavy atom. The van der Waals surface area contributed by atoms with Crippen LogP contribution in [0.25, 0.3) is 0 Å². The first-order chi connectivity index (χ1) is 9.56. The highest BCUT2D eigenvalue weighted by molar-refractivity contribution is 9.10. The molecule has 0 unspecified atom stereocenters. The second kappa shape index (κ2) is 6.43. The lowest BCUT2D eigenvalue weighted by molar-refractivity contribution is -0.118. The predicted molar refractivity (Wildman–Crippen MR) is 83.9 cm³/mol. The van der Waals surface area contributed by atoms with Crippen LogP contribution >= 0.6 is 15.9 Å². The Balaban J connectivity index is 1.92. The molecule has 0 fully saturated rings. The minimum absolute atomic E-state index is 0.0458. The van der Waals surface area contributed by atoms with Gasteiger partial charge in [0.15, 0.2) is 6.61 Å². The molecule has 2 aromatic rings. The molecule has 0 radical (unpaired) electrons. The number of nitrogen functional groups attached to an aromatic ring is 1. The molecule has 0 aromatic heterocycles. The van der Waals surface area contributed by atoms with Gasteiger partial charge in [0.1, 0.15) is 5.75 Å². The van der Waals surface area contributed by atoms with Gasteiger partial charge in [0.2, 0.25) is 0 Å². The molecular weight excluding hydrogens is 320 g/mol. The molecule has 104 valence electrons. The van der Waals surface area contributed by atoms with E-state index >= 15 is 0 Å². The third kappa shape index (κ3) is 3.74. The normalized spacial score (nSPS) is 10.1. The molecule has 0 heterocycles. The van der Waals surface area contributed by atoms with Gasteiger partial charge in [0, 0.05) is 15.8 Å². The van der Waals surface area contributed by atoms with E-state index in [1.165, 1.54) is 0 Å². The minimum atomic E-state index is -0.206. The van der Waals surface area contributed by atoms with Crippen molar-refractivity contribution >= 4 is 33.2 Å². The molecule has 0 aliphatic heterocycles. The number of carbonyl (C=O) groups is 1. The zero-order valence-corrected chi connectivity index (χ0v) is 12.6. The molecule has 3 N–H and O–H groups in total. The van der Waals surface area contributed by atoms with Crippen LogP contribution in [0, 0.1) is 6.92 Å². The molecule has 0 bridgehead atoms. The standard InChI is InChI=1S/C15H15BrN2O2/c1-10-13(16)3-2-4-14(10)18-15(19)9-20-12-7-5-11(17)6-8-12/h2-8H,9,17H2,1H3,(H,18,19). The highest BCUT2D eigenvalue weighted by atomic mass is 79.9. The highest BCUT2D eigenvalue weighted by Crippen LogP contribution is 2.23. The summed E-state index contributed by atoms with van der Waals surface area (Å²) in [5.41, 5.74) is 7.98. The monoisotopic (exact) mass is 334 g/mol. The number of halogens is 1. The Bertz CT molecular complexity index is 612. The molecule has 1 amide bonds. The fraction of sp³-hybridized carbons (Fsp3) is 0.133. The van der Waals surface area contributed by atoms with Gasteiger partial charge in [0.05, 0.1) is 0 Å². The van der Waals surface area contributed by atoms with Gasteiger partial charge >= 0.3 is 0 Å². The minimum Gasteiger partial charge on any atom is -0.484 e. The average molecular weight is 335 g/mol. The summed E-state index contributed by atoms with van der Waals surface area (Å²) in [4.78, 5) is 11.8. The Kier molecular flexibility index (Phi) is 4.63. The van der Waals surface area contributed by atoms with E-state index < -0.39 is 0 Å². The van der Waals surface area contributed by atoms with Crippen LogP contribution in [-0.4, -0.2) is 12.5 Å². The third-order valence-corrected chi connectivity index (χ3v) is 3.65. The van der Waals surface area contributed by atoms with E-state index in [9.17, 15) is 4.79 Å². The van der Waals surface area contributed by atoms with Crippen LogP contribution in [0.4, 0.5) is 11.4 Å². The second-order valence-electron chi connectivity index (χ2n) is 4.32. The summed E-state index contributed by atoms with van der Waals surface area (Å²) < 4.78 is 6.34. The quantitative estimate of drug-likeness (QED) is 0.842. The van der Waals surface area contributed by atoms with Gasteiger partial charge in [-0.05, 0) is 48.9 Å². The fourth-order valence-electron chi connectivity index (χ4n) is 1.64. The molecule has 0 spiro atoms. The number of benzene rings is 2. The first-order valence-corrected chi connectivity index (χ1v) is 6.89. The van der Waals surface area contributed by atoms with Gasteiger partial charge in [0.25, 0.3) is 5.91 Å². The van der Waals surface area contributed by atoms with Gasteiger partial charge in [-0.25, -0.2) is 0 Å². The maximum absolute atomic E-state index is 11.8. The maximum Gasteiger partial charge on any atom is 0.262 e. The van der Waals surface area contributed by atoms with Crippen molar-refractivity contribution in [2.75, 3.05) is 17.7 Å². The highest BCUT2D eigenvalue weighted by Gasteiger charge is 2.07. The fourth-order valence-corrected chi connectivity index (χ4v) is 2.01. The Morgan fingerprint density at radius 1 is 1.25 bits per heavy atom. The molecule has 0 atom stereocenters. The molecular formula is C15H15BrN2O2. The lowest BCUT2D eigenvalue weighted by Gasteiger charge is -2.10. The van der Waals surface area contributed by atoms with Crippen molar-refractivity contribution in [1.82, 2.24) is 0 Å². The summed E-state index contributed by atoms with van der Waals surface area (Å²) in [5, 5.41) is 2.81. The van der Waals surface area contributed by atoms with Crippen molar-refractivity contribution in [3.63, 3.8) is 0 Å². The van der Waals surface area contributed by atoms with Crippen molar-refractivity contribution < 1.29 is 9.53 Å². The maximum atomic E-state index is 11.8. The number of nitrogens with one attached hydrogen (secondary N) is 1. The first kappa shape index (κ1) is 14.4. The average Bonchev–Trinajstić information content (AvgIpc) is 2.43. The molecule has 20 heavy (non-hydrogen) atoms. The van der Waals surface area contributed by atoms with Gasteiger partial charge in [-0.1, -0.05) is 22.0 Å². The summed E-state index contributed by atoms with van der Waals surface area (Å²) >= 11 is 3.42. The Morgan fingerprint density at radius 3 is 2.65 bits per heavy atom. The summed E-state index contributed by atoms with van der Waals surface area (Å²) in [6.07, 6.45) is 0. The largest absolute Gasteiger partial charge is 0.484 e. The number of ether oxygens (including phenoxy) is 1. The summed E-state index contributed by atoms with van der Waals surface area (Å²) in [5.74, 6) is 0.406. The van der Waals surface area contributed by atoms with E-state index in [2.05, 4.69) is 21.2 Å². The van der Waals surface area contributed by atoms with Crippen LogP contribution in [-0.2, 0) is 4.79 Å². The lowest BCUT2D eigenvalue weighted by atomic mass is 10.2. The van der Waals surface area contributed by atoms with Crippen LogP contribution in [0.1, 0.15) is 5.56 Å². The SMILES string of the molecule is Cc1c(Br)cccc1NC(=O)COc1ccc(N)cc1. The Hall–Kier alpha value is -2.01. The number of hydrogen-bond acceptors (Lipinski definition) is 3. The second-order valence-corrected chi connectivity index (χ2v) is 5.17. The summed E-state index contributed by atoms with van der Waals surface area (Å²) in [6.45, 7) is 1.89. The van der Waals surface area contributed by atoms with E-state index in [0.717, 1.165) is 15.7 Å². The zero-order valence-electron chi connectivity index (χ0n) is 11.0. The smallest absolute Gasteiger partial charge is 0.262 e. The van der Waals surface area contributed by atoms with Crippen LogP contribution in [0.2, 0.25) is 0 Å². The molecule has 0 aliphatic rings. The van der Waals surface area contributed by atoms with Crippen molar-refractivity contribution in [2.45, 2.75) is 6.92 Å². The van der Waals surface area contributed by atoms with Crippen molar-refractivity contribution in [3.05, 3.63) is 52.5 Å². The molecule has 0 saturated heterocycles. The Labute approximate surface area is 126 Å². The number of hydrogen-bond donors (Lipinski definition) is 2. The van der Waals surface area contributed by atoms with E-state index in [1.807, 2.05) is 25.1 Å². The first-order valence-electron chi connectivity index (χ1n) is 6.09. The molecule has 2 rings (SSSR count). The summed E-state index contributed by atoms with van der Waals surface area (Å²) in [6, 6.07) is 12.6. The number of carbonyl (C=O) groups excluding carboxylic acids is 1. The van der Waals surface area contributed by atoms with Crippen LogP contribution in [0.5, 0.6) is 5.75 Å². The van der Waals surface area contributed by atoms with Gasteiger partial charge in [-0.3, -0.25) is 4.79 Å². The van der Waals surface area contributed by atoms with E-state index in [4.69, 9.17) is 10.5 Å². The van der Waals surface area contributed by atoms with Crippen LogP contribution in [0.3, 0.4) is 0 Å². The molecule has 0 aliphatic carbocycles. The number of amides is 1.